The Labute approximate surface area is 88.1 Å². The second-order valence-electron chi connectivity index (χ2n) is 5.48. The highest BCUT2D eigenvalue weighted by Crippen LogP contribution is 2.31. The van der Waals surface area contributed by atoms with Crippen molar-refractivity contribution < 1.29 is 5.32 Å². The lowest BCUT2D eigenvalue weighted by molar-refractivity contribution is -0.664. The van der Waals surface area contributed by atoms with Crippen LogP contribution in [0.5, 0.6) is 0 Å². The quantitative estimate of drug-likeness (QED) is 0.706. The fraction of sp³-hybridized carbons (Fsp3) is 1.00. The highest BCUT2D eigenvalue weighted by atomic mass is 15.1. The number of rotatable bonds is 3. The maximum absolute atomic E-state index is 2.62. The van der Waals surface area contributed by atoms with E-state index in [1.54, 1.807) is 0 Å². The molecule has 1 aliphatic heterocycles. The summed E-state index contributed by atoms with van der Waals surface area (Å²) in [4.78, 5) is 2.62. The molecule has 0 spiro atoms. The first kappa shape index (κ1) is 10.4. The zero-order chi connectivity index (χ0) is 9.97. The van der Waals surface area contributed by atoms with E-state index >= 15 is 0 Å². The summed E-state index contributed by atoms with van der Waals surface area (Å²) in [7, 11) is 2.33. The maximum atomic E-state index is 2.62. The molecule has 0 aromatic rings. The number of piperidine rings is 1. The van der Waals surface area contributed by atoms with Crippen LogP contribution in [0.3, 0.4) is 0 Å². The topological polar surface area (TPSA) is 19.9 Å². The van der Waals surface area contributed by atoms with Gasteiger partial charge in [0.1, 0.15) is 0 Å². The van der Waals surface area contributed by atoms with Crippen LogP contribution in [0.4, 0.5) is 0 Å². The molecule has 0 amide bonds. The molecule has 14 heavy (non-hydrogen) atoms. The van der Waals surface area contributed by atoms with Gasteiger partial charge in [0.05, 0.1) is 13.1 Å². The van der Waals surface area contributed by atoms with E-state index in [1.807, 2.05) is 0 Å². The number of nitrogens with zero attached hydrogens (tertiary/aromatic N) is 1. The molecular weight excluding hydrogens is 172 g/mol. The highest BCUT2D eigenvalue weighted by molar-refractivity contribution is 4.84. The second-order valence-corrected chi connectivity index (χ2v) is 5.48. The molecule has 2 nitrogen and oxygen atoms in total. The number of quaternary nitrogens is 1. The number of hydrogen-bond acceptors (Lipinski definition) is 1. The Hall–Kier alpha value is -0.0800. The van der Waals surface area contributed by atoms with Gasteiger partial charge in [-0.1, -0.05) is 6.92 Å². The van der Waals surface area contributed by atoms with Crippen LogP contribution in [-0.4, -0.2) is 37.6 Å². The van der Waals surface area contributed by atoms with Crippen molar-refractivity contribution in [3.63, 3.8) is 0 Å². The van der Waals surface area contributed by atoms with Crippen molar-refractivity contribution in [2.75, 3.05) is 26.7 Å². The van der Waals surface area contributed by atoms with E-state index in [1.165, 1.54) is 45.3 Å². The Balaban J connectivity index is 1.68. The molecule has 2 rings (SSSR count). The first-order valence-corrected chi connectivity index (χ1v) is 6.27. The average molecular weight is 197 g/mol. The molecule has 1 aliphatic carbocycles. The highest BCUT2D eigenvalue weighted by Gasteiger charge is 2.30. The maximum Gasteiger partial charge on any atom is 0.0758 e. The third kappa shape index (κ3) is 2.48. The van der Waals surface area contributed by atoms with Crippen LogP contribution >= 0.6 is 0 Å². The standard InChI is InChI=1S/C12H24N2/c1-10-7-12(8-10)14(2)9-11-3-5-13-6-4-11/h10-13H,3-9H2,1-2H3/p+1. The van der Waals surface area contributed by atoms with Crippen LogP contribution in [0.1, 0.15) is 32.6 Å². The van der Waals surface area contributed by atoms with Crippen LogP contribution in [-0.2, 0) is 0 Å². The Morgan fingerprint density at radius 2 is 1.86 bits per heavy atom. The van der Waals surface area contributed by atoms with E-state index in [9.17, 15) is 0 Å². The fourth-order valence-corrected chi connectivity index (χ4v) is 2.95. The molecule has 0 atom stereocenters. The molecule has 2 aliphatic rings. The summed E-state index contributed by atoms with van der Waals surface area (Å²) in [5.74, 6) is 1.98. The van der Waals surface area contributed by atoms with Gasteiger partial charge in [0, 0.05) is 25.4 Å². The van der Waals surface area contributed by atoms with Crippen LogP contribution in [0.2, 0.25) is 0 Å². The molecule has 2 heteroatoms. The van der Waals surface area contributed by atoms with Gasteiger partial charge in [0.15, 0.2) is 0 Å². The van der Waals surface area contributed by atoms with Crippen molar-refractivity contribution in [3.05, 3.63) is 0 Å². The molecule has 0 bridgehead atoms. The summed E-state index contributed by atoms with van der Waals surface area (Å²) in [6.07, 6.45) is 5.75. The largest absolute Gasteiger partial charge is 0.346 e. The first-order chi connectivity index (χ1) is 6.75. The van der Waals surface area contributed by atoms with Gasteiger partial charge in [-0.25, -0.2) is 0 Å². The average Bonchev–Trinajstić information content (AvgIpc) is 2.14. The van der Waals surface area contributed by atoms with Crippen molar-refractivity contribution in [1.82, 2.24) is 4.90 Å². The van der Waals surface area contributed by atoms with Crippen molar-refractivity contribution in [2.45, 2.75) is 38.6 Å². The summed E-state index contributed by atoms with van der Waals surface area (Å²) in [5, 5.41) is 2.46. The van der Waals surface area contributed by atoms with E-state index in [2.05, 4.69) is 24.2 Å². The molecule has 82 valence electrons. The van der Waals surface area contributed by atoms with Gasteiger partial charge in [0.25, 0.3) is 0 Å². The predicted octanol–water partition coefficient (Wildman–Crippen LogP) is 0.690. The molecule has 0 unspecified atom stereocenters. The molecule has 0 aromatic heterocycles. The van der Waals surface area contributed by atoms with Crippen molar-refractivity contribution in [1.29, 1.82) is 0 Å². The first-order valence-electron chi connectivity index (χ1n) is 6.27. The molecule has 1 heterocycles. The molecular formula is C12H25N2+. The van der Waals surface area contributed by atoms with Crippen LogP contribution < -0.4 is 5.32 Å². The SMILES string of the molecule is CC1CC(N(C)CC2CC[NH2+]CC2)C1. The van der Waals surface area contributed by atoms with Crippen LogP contribution in [0, 0.1) is 11.8 Å². The van der Waals surface area contributed by atoms with Crippen molar-refractivity contribution in [3.8, 4) is 0 Å². The van der Waals surface area contributed by atoms with Gasteiger partial charge in [-0.05, 0) is 31.7 Å². The van der Waals surface area contributed by atoms with Gasteiger partial charge < -0.3 is 10.2 Å². The van der Waals surface area contributed by atoms with Gasteiger partial charge in [-0.2, -0.15) is 0 Å². The predicted molar refractivity (Wildman–Crippen MR) is 59.2 cm³/mol. The lowest BCUT2D eigenvalue weighted by Gasteiger charge is -2.41. The molecule has 1 saturated heterocycles. The third-order valence-electron chi connectivity index (χ3n) is 4.08. The number of hydrogen-bond donors (Lipinski definition) is 1. The summed E-state index contributed by atoms with van der Waals surface area (Å²) < 4.78 is 0. The van der Waals surface area contributed by atoms with Crippen molar-refractivity contribution >= 4 is 0 Å². The minimum Gasteiger partial charge on any atom is -0.346 e. The third-order valence-corrected chi connectivity index (χ3v) is 4.08. The number of nitrogens with two attached hydrogens (primary N) is 1. The summed E-state index contributed by atoms with van der Waals surface area (Å²) in [5.41, 5.74) is 0. The summed E-state index contributed by atoms with van der Waals surface area (Å²) >= 11 is 0. The fourth-order valence-electron chi connectivity index (χ4n) is 2.95. The van der Waals surface area contributed by atoms with Crippen LogP contribution in [0.15, 0.2) is 0 Å². The van der Waals surface area contributed by atoms with Gasteiger partial charge in [-0.3, -0.25) is 0 Å². The van der Waals surface area contributed by atoms with E-state index in [4.69, 9.17) is 0 Å². The molecule has 1 saturated carbocycles. The van der Waals surface area contributed by atoms with E-state index < -0.39 is 0 Å². The zero-order valence-corrected chi connectivity index (χ0v) is 9.71. The zero-order valence-electron chi connectivity index (χ0n) is 9.71. The van der Waals surface area contributed by atoms with E-state index in [-0.39, 0.29) is 0 Å². The minimum atomic E-state index is 0.913. The van der Waals surface area contributed by atoms with E-state index in [0.717, 1.165) is 17.9 Å². The Bertz CT molecular complexity index is 169. The Kier molecular flexibility index (Phi) is 3.45. The Morgan fingerprint density at radius 3 is 2.43 bits per heavy atom. The molecule has 0 aromatic carbocycles. The normalized spacial score (nSPS) is 34.5. The van der Waals surface area contributed by atoms with Crippen LogP contribution in [0.25, 0.3) is 0 Å². The van der Waals surface area contributed by atoms with Gasteiger partial charge >= 0.3 is 0 Å². The minimum absolute atomic E-state index is 0.913. The molecule has 2 fully saturated rings. The summed E-state index contributed by atoms with van der Waals surface area (Å²) in [6, 6.07) is 0.913. The smallest absolute Gasteiger partial charge is 0.0758 e. The summed E-state index contributed by atoms with van der Waals surface area (Å²) in [6.45, 7) is 6.45. The monoisotopic (exact) mass is 197 g/mol. The van der Waals surface area contributed by atoms with Gasteiger partial charge in [0.2, 0.25) is 0 Å². The van der Waals surface area contributed by atoms with Crippen molar-refractivity contribution in [2.24, 2.45) is 11.8 Å². The van der Waals surface area contributed by atoms with E-state index in [0.29, 0.717) is 0 Å². The Morgan fingerprint density at radius 1 is 1.21 bits per heavy atom. The van der Waals surface area contributed by atoms with Gasteiger partial charge in [-0.15, -0.1) is 0 Å². The second kappa shape index (κ2) is 4.63. The lowest BCUT2D eigenvalue weighted by atomic mass is 9.80. The lowest BCUT2D eigenvalue weighted by Crippen LogP contribution is -2.86. The molecule has 2 N–H and O–H groups in total. The molecule has 0 radical (unpaired) electrons.